The van der Waals surface area contributed by atoms with Crippen molar-refractivity contribution in [2.45, 2.75) is 17.9 Å². The predicted octanol–water partition coefficient (Wildman–Crippen LogP) is 0.205. The van der Waals surface area contributed by atoms with E-state index in [1.807, 2.05) is 4.90 Å². The van der Waals surface area contributed by atoms with Crippen LogP contribution in [-0.2, 0) is 14.8 Å². The van der Waals surface area contributed by atoms with Crippen LogP contribution in [0.25, 0.3) is 0 Å². The molecule has 9 nitrogen and oxygen atoms in total. The van der Waals surface area contributed by atoms with Crippen LogP contribution in [-0.4, -0.2) is 70.7 Å². The van der Waals surface area contributed by atoms with Crippen molar-refractivity contribution in [1.82, 2.24) is 24.2 Å². The lowest BCUT2D eigenvalue weighted by atomic mass is 10.2. The average molecular weight is 376 g/mol. The van der Waals surface area contributed by atoms with Gasteiger partial charge in [-0.3, -0.25) is 20.0 Å². The van der Waals surface area contributed by atoms with Gasteiger partial charge in [-0.1, -0.05) is 0 Å². The molecule has 1 amide bonds. The summed E-state index contributed by atoms with van der Waals surface area (Å²) in [6, 6.07) is 4.38. The first-order valence-electron chi connectivity index (χ1n) is 8.20. The summed E-state index contributed by atoms with van der Waals surface area (Å²) in [6.07, 6.45) is 5.98. The summed E-state index contributed by atoms with van der Waals surface area (Å²) in [5.41, 5.74) is 0. The second-order valence-corrected chi connectivity index (χ2v) is 7.80. The monoisotopic (exact) mass is 376 g/mol. The molecule has 1 fully saturated rings. The molecular formula is C16H20N6O3S. The molecule has 3 heterocycles. The number of amides is 1. The van der Waals surface area contributed by atoms with Crippen LogP contribution in [0.15, 0.2) is 47.9 Å². The van der Waals surface area contributed by atoms with Gasteiger partial charge in [-0.05, 0) is 25.1 Å². The number of anilines is 1. The average Bonchev–Trinajstić information content (AvgIpc) is 2.69. The Hall–Kier alpha value is -2.43. The molecule has 26 heavy (non-hydrogen) atoms. The minimum atomic E-state index is -3.56. The van der Waals surface area contributed by atoms with Gasteiger partial charge in [0, 0.05) is 51.0 Å². The Labute approximate surface area is 152 Å². The normalized spacial score (nSPS) is 17.6. The third-order valence-electron chi connectivity index (χ3n) is 4.27. The van der Waals surface area contributed by atoms with Crippen molar-refractivity contribution in [2.24, 2.45) is 0 Å². The maximum absolute atomic E-state index is 12.6. The highest BCUT2D eigenvalue weighted by molar-refractivity contribution is 7.89. The number of carbonyl (C=O) groups excluding carboxylic acids is 1. The molecule has 2 aromatic heterocycles. The second kappa shape index (κ2) is 7.85. The van der Waals surface area contributed by atoms with Gasteiger partial charge >= 0.3 is 0 Å². The quantitative estimate of drug-likeness (QED) is 0.794. The topological polar surface area (TPSA) is 108 Å². The Bertz CT molecular complexity index is 839. The van der Waals surface area contributed by atoms with Crippen molar-refractivity contribution < 1.29 is 13.2 Å². The van der Waals surface area contributed by atoms with E-state index in [1.54, 1.807) is 31.5 Å². The lowest BCUT2D eigenvalue weighted by Crippen LogP contribution is -2.54. The molecular weight excluding hydrogens is 356 g/mol. The maximum Gasteiger partial charge on any atom is 0.244 e. The summed E-state index contributed by atoms with van der Waals surface area (Å²) in [5, 5.41) is 2.66. The summed E-state index contributed by atoms with van der Waals surface area (Å²) in [6.45, 7) is 3.34. The number of piperazine rings is 1. The van der Waals surface area contributed by atoms with E-state index in [2.05, 4.69) is 20.3 Å². The van der Waals surface area contributed by atoms with E-state index in [1.165, 1.54) is 22.8 Å². The van der Waals surface area contributed by atoms with Gasteiger partial charge in [-0.15, -0.1) is 0 Å². The van der Waals surface area contributed by atoms with Gasteiger partial charge in [0.15, 0.2) is 0 Å². The first-order valence-corrected chi connectivity index (χ1v) is 9.64. The summed E-state index contributed by atoms with van der Waals surface area (Å²) >= 11 is 0. The number of carbonyl (C=O) groups is 1. The van der Waals surface area contributed by atoms with Gasteiger partial charge in [-0.25, -0.2) is 18.4 Å². The van der Waals surface area contributed by atoms with Crippen LogP contribution < -0.4 is 5.32 Å². The summed E-state index contributed by atoms with van der Waals surface area (Å²) in [7, 11) is -3.56. The van der Waals surface area contributed by atoms with Gasteiger partial charge < -0.3 is 0 Å². The van der Waals surface area contributed by atoms with Crippen molar-refractivity contribution in [1.29, 1.82) is 0 Å². The second-order valence-electron chi connectivity index (χ2n) is 5.87. The molecule has 1 atom stereocenters. The number of nitrogens with zero attached hydrogens (tertiary/aromatic N) is 5. The fourth-order valence-electron chi connectivity index (χ4n) is 2.72. The van der Waals surface area contributed by atoms with Crippen LogP contribution in [0.2, 0.25) is 0 Å². The first-order chi connectivity index (χ1) is 12.5. The number of pyridine rings is 1. The zero-order chi connectivity index (χ0) is 18.6. The Kier molecular flexibility index (Phi) is 5.55. The molecule has 0 unspecified atom stereocenters. The summed E-state index contributed by atoms with van der Waals surface area (Å²) < 4.78 is 26.6. The fourth-order valence-corrected chi connectivity index (χ4v) is 4.11. The van der Waals surface area contributed by atoms with Gasteiger partial charge in [-0.2, -0.15) is 4.31 Å². The minimum Gasteiger partial charge on any atom is -0.293 e. The number of hydrogen-bond acceptors (Lipinski definition) is 7. The number of aromatic nitrogens is 3. The third kappa shape index (κ3) is 4.03. The minimum absolute atomic E-state index is 0.181. The first kappa shape index (κ1) is 18.4. The molecule has 2 aromatic rings. The van der Waals surface area contributed by atoms with Gasteiger partial charge in [0.2, 0.25) is 21.9 Å². The van der Waals surface area contributed by atoms with Crippen molar-refractivity contribution in [3.05, 3.63) is 43.0 Å². The number of nitrogens with one attached hydrogen (secondary N) is 1. The van der Waals surface area contributed by atoms with E-state index in [-0.39, 0.29) is 16.8 Å². The highest BCUT2D eigenvalue weighted by Crippen LogP contribution is 2.17. The lowest BCUT2D eigenvalue weighted by molar-refractivity contribution is -0.121. The van der Waals surface area contributed by atoms with E-state index >= 15 is 0 Å². The molecule has 0 radical (unpaired) electrons. The van der Waals surface area contributed by atoms with E-state index in [4.69, 9.17) is 0 Å². The van der Waals surface area contributed by atoms with Crippen molar-refractivity contribution in [2.75, 3.05) is 31.5 Å². The van der Waals surface area contributed by atoms with Crippen LogP contribution in [0.5, 0.6) is 0 Å². The molecule has 1 N–H and O–H groups in total. The zero-order valence-electron chi connectivity index (χ0n) is 14.3. The van der Waals surface area contributed by atoms with E-state index < -0.39 is 16.1 Å². The Morgan fingerprint density at radius 3 is 2.42 bits per heavy atom. The molecule has 1 saturated heterocycles. The Morgan fingerprint density at radius 2 is 1.81 bits per heavy atom. The van der Waals surface area contributed by atoms with Crippen molar-refractivity contribution >= 4 is 21.9 Å². The molecule has 0 bridgehead atoms. The van der Waals surface area contributed by atoms with E-state index in [9.17, 15) is 13.2 Å². The summed E-state index contributed by atoms with van der Waals surface area (Å²) in [4.78, 5) is 26.3. The molecule has 0 spiro atoms. The number of sulfonamides is 1. The van der Waals surface area contributed by atoms with Crippen LogP contribution in [0.3, 0.4) is 0 Å². The molecule has 1 aliphatic heterocycles. The van der Waals surface area contributed by atoms with Crippen LogP contribution in [0, 0.1) is 0 Å². The molecule has 0 aliphatic carbocycles. The highest BCUT2D eigenvalue weighted by Gasteiger charge is 2.32. The van der Waals surface area contributed by atoms with Crippen LogP contribution in [0.1, 0.15) is 6.92 Å². The van der Waals surface area contributed by atoms with Crippen molar-refractivity contribution in [3.63, 3.8) is 0 Å². The van der Waals surface area contributed by atoms with E-state index in [0.29, 0.717) is 26.2 Å². The molecule has 0 saturated carbocycles. The van der Waals surface area contributed by atoms with Crippen LogP contribution >= 0.6 is 0 Å². The van der Waals surface area contributed by atoms with Gasteiger partial charge in [0.05, 0.1) is 6.04 Å². The molecule has 3 rings (SSSR count). The Balaban J connectivity index is 1.59. The van der Waals surface area contributed by atoms with Crippen molar-refractivity contribution in [3.8, 4) is 0 Å². The molecule has 10 heteroatoms. The molecule has 1 aliphatic rings. The standard InChI is InChI=1S/C16H20N6O3S/c1-13(15(23)20-16-18-6-3-7-19-16)21-8-10-22(11-9-21)26(24,25)14-4-2-5-17-12-14/h2-7,12-13H,8-11H2,1H3,(H,18,19,20,23)/t13-/m1/s1. The molecule has 138 valence electrons. The van der Waals surface area contributed by atoms with Gasteiger partial charge in [0.25, 0.3) is 0 Å². The molecule has 0 aromatic carbocycles. The van der Waals surface area contributed by atoms with Crippen LogP contribution in [0.4, 0.5) is 5.95 Å². The summed E-state index contributed by atoms with van der Waals surface area (Å²) in [5.74, 6) is 0.0295. The zero-order valence-corrected chi connectivity index (χ0v) is 15.1. The maximum atomic E-state index is 12.6. The lowest BCUT2D eigenvalue weighted by Gasteiger charge is -2.36. The smallest absolute Gasteiger partial charge is 0.244 e. The highest BCUT2D eigenvalue weighted by atomic mass is 32.2. The fraction of sp³-hybridized carbons (Fsp3) is 0.375. The SMILES string of the molecule is C[C@H](C(=O)Nc1ncccn1)N1CCN(S(=O)(=O)c2cccnc2)CC1. The number of rotatable bonds is 5. The predicted molar refractivity (Wildman–Crippen MR) is 94.7 cm³/mol. The Morgan fingerprint density at radius 1 is 1.12 bits per heavy atom. The largest absolute Gasteiger partial charge is 0.293 e. The van der Waals surface area contributed by atoms with E-state index in [0.717, 1.165) is 0 Å². The third-order valence-corrected chi connectivity index (χ3v) is 6.16. The number of hydrogen-bond donors (Lipinski definition) is 1. The van der Waals surface area contributed by atoms with Gasteiger partial charge in [0.1, 0.15) is 4.90 Å².